The lowest BCUT2D eigenvalue weighted by atomic mass is 10.0. The van der Waals surface area contributed by atoms with Crippen LogP contribution in [0.1, 0.15) is 38.4 Å². The molecule has 2 nitrogen and oxygen atoms in total. The SMILES string of the molecule is CCOc1ccc(C2CCC(C)=CO2)cc1F. The van der Waals surface area contributed by atoms with E-state index in [1.54, 1.807) is 12.3 Å². The quantitative estimate of drug-likeness (QED) is 0.790. The van der Waals surface area contributed by atoms with Crippen molar-refractivity contribution >= 4 is 0 Å². The lowest BCUT2D eigenvalue weighted by Crippen LogP contribution is -2.07. The summed E-state index contributed by atoms with van der Waals surface area (Å²) in [4.78, 5) is 0. The second kappa shape index (κ2) is 5.21. The number of allylic oxidation sites excluding steroid dienone is 1. The fourth-order valence-electron chi connectivity index (χ4n) is 1.92. The first-order valence-corrected chi connectivity index (χ1v) is 5.94. The molecule has 1 aromatic rings. The van der Waals surface area contributed by atoms with Crippen molar-refractivity contribution in [3.05, 3.63) is 41.4 Å². The minimum Gasteiger partial charge on any atom is -0.493 e. The number of hydrogen-bond donors (Lipinski definition) is 0. The summed E-state index contributed by atoms with van der Waals surface area (Å²) in [6.07, 6.45) is 3.63. The molecule has 1 aliphatic rings. The van der Waals surface area contributed by atoms with Gasteiger partial charge in [-0.1, -0.05) is 6.07 Å². The minimum atomic E-state index is -0.320. The first-order valence-electron chi connectivity index (χ1n) is 5.94. The summed E-state index contributed by atoms with van der Waals surface area (Å²) >= 11 is 0. The normalized spacial score (nSPS) is 19.5. The topological polar surface area (TPSA) is 18.5 Å². The lowest BCUT2D eigenvalue weighted by molar-refractivity contribution is 0.120. The maximum Gasteiger partial charge on any atom is 0.165 e. The van der Waals surface area contributed by atoms with Gasteiger partial charge in [0.25, 0.3) is 0 Å². The Hall–Kier alpha value is -1.51. The molecule has 2 rings (SSSR count). The highest BCUT2D eigenvalue weighted by molar-refractivity contribution is 5.31. The van der Waals surface area contributed by atoms with Crippen molar-refractivity contribution in [3.8, 4) is 5.75 Å². The van der Waals surface area contributed by atoms with Gasteiger partial charge in [-0.05, 0) is 50.0 Å². The number of hydrogen-bond acceptors (Lipinski definition) is 2. The molecule has 0 fully saturated rings. The monoisotopic (exact) mass is 236 g/mol. The lowest BCUT2D eigenvalue weighted by Gasteiger charge is -2.22. The molecule has 92 valence electrons. The van der Waals surface area contributed by atoms with Crippen molar-refractivity contribution in [3.63, 3.8) is 0 Å². The third-order valence-corrected chi connectivity index (χ3v) is 2.86. The molecule has 1 aliphatic heterocycles. The summed E-state index contributed by atoms with van der Waals surface area (Å²) in [5.74, 6) is -0.0157. The zero-order valence-electron chi connectivity index (χ0n) is 10.2. The zero-order valence-corrected chi connectivity index (χ0v) is 10.2. The van der Waals surface area contributed by atoms with Gasteiger partial charge in [0.1, 0.15) is 6.10 Å². The fraction of sp³-hybridized carbons (Fsp3) is 0.429. The van der Waals surface area contributed by atoms with Crippen molar-refractivity contribution in [1.29, 1.82) is 0 Å². The smallest absolute Gasteiger partial charge is 0.165 e. The molecule has 17 heavy (non-hydrogen) atoms. The highest BCUT2D eigenvalue weighted by atomic mass is 19.1. The van der Waals surface area contributed by atoms with Gasteiger partial charge >= 0.3 is 0 Å². The Morgan fingerprint density at radius 2 is 2.29 bits per heavy atom. The summed E-state index contributed by atoms with van der Waals surface area (Å²) in [6.45, 7) is 4.35. The van der Waals surface area contributed by atoms with Crippen LogP contribution < -0.4 is 4.74 Å². The summed E-state index contributed by atoms with van der Waals surface area (Å²) in [6, 6.07) is 5.04. The van der Waals surface area contributed by atoms with E-state index in [4.69, 9.17) is 9.47 Å². The van der Waals surface area contributed by atoms with Crippen molar-refractivity contribution in [2.24, 2.45) is 0 Å². The van der Waals surface area contributed by atoms with Crippen LogP contribution in [0.15, 0.2) is 30.0 Å². The van der Waals surface area contributed by atoms with E-state index in [2.05, 4.69) is 0 Å². The summed E-state index contributed by atoms with van der Waals surface area (Å²) < 4.78 is 24.4. The molecule has 1 heterocycles. The first-order chi connectivity index (χ1) is 8.20. The third-order valence-electron chi connectivity index (χ3n) is 2.86. The van der Waals surface area contributed by atoms with E-state index in [9.17, 15) is 4.39 Å². The number of benzene rings is 1. The van der Waals surface area contributed by atoms with Gasteiger partial charge in [-0.15, -0.1) is 0 Å². The predicted octanol–water partition coefficient (Wildman–Crippen LogP) is 3.98. The van der Waals surface area contributed by atoms with E-state index in [1.807, 2.05) is 19.9 Å². The maximum atomic E-state index is 13.7. The third kappa shape index (κ3) is 2.78. The van der Waals surface area contributed by atoms with Crippen LogP contribution in [-0.2, 0) is 4.74 Å². The fourth-order valence-corrected chi connectivity index (χ4v) is 1.92. The largest absolute Gasteiger partial charge is 0.493 e. The van der Waals surface area contributed by atoms with Gasteiger partial charge in [0.05, 0.1) is 12.9 Å². The second-order valence-electron chi connectivity index (χ2n) is 4.25. The van der Waals surface area contributed by atoms with E-state index < -0.39 is 0 Å². The average Bonchev–Trinajstić information content (AvgIpc) is 2.33. The number of ether oxygens (including phenoxy) is 2. The molecule has 0 N–H and O–H groups in total. The van der Waals surface area contributed by atoms with Crippen molar-refractivity contribution in [2.45, 2.75) is 32.8 Å². The van der Waals surface area contributed by atoms with E-state index >= 15 is 0 Å². The maximum absolute atomic E-state index is 13.7. The Morgan fingerprint density at radius 1 is 1.47 bits per heavy atom. The minimum absolute atomic E-state index is 0.0381. The van der Waals surface area contributed by atoms with Gasteiger partial charge < -0.3 is 9.47 Å². The molecule has 0 bridgehead atoms. The van der Waals surface area contributed by atoms with Gasteiger partial charge in [0.15, 0.2) is 11.6 Å². The van der Waals surface area contributed by atoms with Gasteiger partial charge in [-0.25, -0.2) is 4.39 Å². The van der Waals surface area contributed by atoms with Gasteiger partial charge in [-0.3, -0.25) is 0 Å². The van der Waals surface area contributed by atoms with E-state index in [1.165, 1.54) is 11.6 Å². The van der Waals surface area contributed by atoms with Crippen LogP contribution in [0, 0.1) is 5.82 Å². The number of rotatable bonds is 3. The molecule has 1 aromatic carbocycles. The molecule has 0 amide bonds. The Morgan fingerprint density at radius 3 is 2.88 bits per heavy atom. The molecule has 0 spiro atoms. The molecular formula is C14H17FO2. The van der Waals surface area contributed by atoms with Crippen LogP contribution in [0.2, 0.25) is 0 Å². The molecule has 0 aliphatic carbocycles. The summed E-state index contributed by atoms with van der Waals surface area (Å²) in [5.41, 5.74) is 2.10. The highest BCUT2D eigenvalue weighted by Gasteiger charge is 2.17. The Labute approximate surface area is 101 Å². The van der Waals surface area contributed by atoms with Gasteiger partial charge in [0, 0.05) is 0 Å². The van der Waals surface area contributed by atoms with Crippen molar-refractivity contribution in [2.75, 3.05) is 6.61 Å². The molecule has 3 heteroatoms. The molecule has 0 saturated carbocycles. The predicted molar refractivity (Wildman–Crippen MR) is 64.4 cm³/mol. The van der Waals surface area contributed by atoms with E-state index in [-0.39, 0.29) is 11.9 Å². The van der Waals surface area contributed by atoms with Crippen LogP contribution in [-0.4, -0.2) is 6.61 Å². The van der Waals surface area contributed by atoms with Gasteiger partial charge in [-0.2, -0.15) is 0 Å². The van der Waals surface area contributed by atoms with Crippen LogP contribution in [0.25, 0.3) is 0 Å². The van der Waals surface area contributed by atoms with Gasteiger partial charge in [0.2, 0.25) is 0 Å². The van der Waals surface area contributed by atoms with E-state index in [0.29, 0.717) is 12.4 Å². The highest BCUT2D eigenvalue weighted by Crippen LogP contribution is 2.31. The number of halogens is 1. The first kappa shape index (κ1) is 12.0. The molecule has 0 saturated heterocycles. The summed E-state index contributed by atoms with van der Waals surface area (Å²) in [7, 11) is 0. The van der Waals surface area contributed by atoms with Crippen LogP contribution >= 0.6 is 0 Å². The molecule has 1 atom stereocenters. The molecule has 0 radical (unpaired) electrons. The molecule has 0 aromatic heterocycles. The van der Waals surface area contributed by atoms with Crippen molar-refractivity contribution < 1.29 is 13.9 Å². The van der Waals surface area contributed by atoms with Crippen LogP contribution in [0.5, 0.6) is 5.75 Å². The Bertz CT molecular complexity index is 426. The second-order valence-corrected chi connectivity index (χ2v) is 4.25. The van der Waals surface area contributed by atoms with Crippen molar-refractivity contribution in [1.82, 2.24) is 0 Å². The van der Waals surface area contributed by atoms with E-state index in [0.717, 1.165) is 18.4 Å². The molecular weight excluding hydrogens is 219 g/mol. The molecule has 1 unspecified atom stereocenters. The zero-order chi connectivity index (χ0) is 12.3. The van der Waals surface area contributed by atoms with Crippen LogP contribution in [0.3, 0.4) is 0 Å². The summed E-state index contributed by atoms with van der Waals surface area (Å²) in [5, 5.41) is 0. The van der Waals surface area contributed by atoms with Crippen LogP contribution in [0.4, 0.5) is 4.39 Å². The average molecular weight is 236 g/mol. The Balaban J connectivity index is 2.15. The standard InChI is InChI=1S/C14H17FO2/c1-3-16-14-7-5-11(8-12(14)15)13-6-4-10(2)9-17-13/h5,7-9,13H,3-4,6H2,1-2H3. The Kier molecular flexibility index (Phi) is 3.67.